The normalized spacial score (nSPS) is 14.3. The van der Waals surface area contributed by atoms with Crippen molar-refractivity contribution in [3.63, 3.8) is 0 Å². The number of hydrogen-bond donors (Lipinski definition) is 3. The van der Waals surface area contributed by atoms with Crippen molar-refractivity contribution in [1.29, 1.82) is 0 Å². The number of ether oxygens (including phenoxy) is 1. The minimum absolute atomic E-state index is 0.0745. The standard InChI is InChI=1S/C26H33N3O5/c1-16(2)22(13-24(30)31)27-25(32)23(14-29(3)4)28-26(33)34-15-21-19-11-7-5-9-17(19)18-10-6-8-12-20(18)21/h5-12,16,21-23H,13-15H2,1-4H3,(H,27,32)(H,28,33)(H,30,31)/t22-,23-/m0/s1. The number of likely N-dealkylation sites (N-methyl/N-ethyl adjacent to an activating group) is 1. The van der Waals surface area contributed by atoms with Gasteiger partial charge in [0.1, 0.15) is 12.6 Å². The fourth-order valence-corrected chi connectivity index (χ4v) is 4.27. The fourth-order valence-electron chi connectivity index (χ4n) is 4.27. The van der Waals surface area contributed by atoms with E-state index in [1.807, 2.05) is 50.2 Å². The van der Waals surface area contributed by atoms with E-state index in [9.17, 15) is 14.4 Å². The molecule has 0 saturated heterocycles. The van der Waals surface area contributed by atoms with Gasteiger partial charge in [0.25, 0.3) is 0 Å². The molecule has 182 valence electrons. The molecule has 0 aromatic heterocycles. The largest absolute Gasteiger partial charge is 0.481 e. The van der Waals surface area contributed by atoms with Gasteiger partial charge in [-0.15, -0.1) is 0 Å². The van der Waals surface area contributed by atoms with E-state index in [2.05, 4.69) is 22.8 Å². The zero-order valence-electron chi connectivity index (χ0n) is 20.1. The molecule has 0 saturated carbocycles. The van der Waals surface area contributed by atoms with Crippen molar-refractivity contribution in [2.24, 2.45) is 5.92 Å². The van der Waals surface area contributed by atoms with E-state index >= 15 is 0 Å². The summed E-state index contributed by atoms with van der Waals surface area (Å²) in [7, 11) is 3.58. The van der Waals surface area contributed by atoms with E-state index in [-0.39, 0.29) is 31.4 Å². The Labute approximate surface area is 200 Å². The molecule has 0 heterocycles. The maximum absolute atomic E-state index is 12.9. The van der Waals surface area contributed by atoms with Crippen LogP contribution in [0.4, 0.5) is 4.79 Å². The van der Waals surface area contributed by atoms with Gasteiger partial charge >= 0.3 is 12.1 Å². The van der Waals surface area contributed by atoms with E-state index in [1.54, 1.807) is 19.0 Å². The summed E-state index contributed by atoms with van der Waals surface area (Å²) in [6.45, 7) is 4.07. The number of carbonyl (C=O) groups is 3. The number of carboxylic acids is 1. The third-order valence-corrected chi connectivity index (χ3v) is 6.03. The molecular weight excluding hydrogens is 434 g/mol. The molecule has 3 rings (SSSR count). The lowest BCUT2D eigenvalue weighted by Gasteiger charge is -2.26. The van der Waals surface area contributed by atoms with Gasteiger partial charge in [-0.05, 0) is 42.3 Å². The highest BCUT2D eigenvalue weighted by Crippen LogP contribution is 2.44. The number of carbonyl (C=O) groups excluding carboxylic acids is 2. The van der Waals surface area contributed by atoms with Crippen molar-refractivity contribution in [2.45, 2.75) is 38.3 Å². The highest BCUT2D eigenvalue weighted by molar-refractivity contribution is 5.86. The van der Waals surface area contributed by atoms with Crippen LogP contribution in [0.2, 0.25) is 0 Å². The van der Waals surface area contributed by atoms with Gasteiger partial charge in [-0.1, -0.05) is 62.4 Å². The number of carboxylic acid groups (broad SMARTS) is 1. The summed E-state index contributed by atoms with van der Waals surface area (Å²) < 4.78 is 5.58. The summed E-state index contributed by atoms with van der Waals surface area (Å²) in [4.78, 5) is 38.5. The Morgan fingerprint density at radius 1 is 0.971 bits per heavy atom. The number of rotatable bonds is 10. The molecule has 8 nitrogen and oxygen atoms in total. The molecule has 0 aliphatic heterocycles. The molecule has 2 amide bonds. The maximum atomic E-state index is 12.9. The molecule has 0 radical (unpaired) electrons. The van der Waals surface area contributed by atoms with Crippen LogP contribution >= 0.6 is 0 Å². The van der Waals surface area contributed by atoms with Gasteiger partial charge in [-0.25, -0.2) is 4.79 Å². The number of nitrogens with zero attached hydrogens (tertiary/aromatic N) is 1. The van der Waals surface area contributed by atoms with Gasteiger partial charge in [0.05, 0.1) is 6.42 Å². The average molecular weight is 468 g/mol. The fraction of sp³-hybridized carbons (Fsp3) is 0.423. The smallest absolute Gasteiger partial charge is 0.407 e. The SMILES string of the molecule is CC(C)[C@H](CC(=O)O)NC(=O)[C@H](CN(C)C)NC(=O)OCC1c2ccccc2-c2ccccc21. The second-order valence-electron chi connectivity index (χ2n) is 9.24. The van der Waals surface area contributed by atoms with Crippen molar-refractivity contribution >= 4 is 18.0 Å². The van der Waals surface area contributed by atoms with Gasteiger partial charge in [0, 0.05) is 18.5 Å². The van der Waals surface area contributed by atoms with Gasteiger partial charge in [-0.2, -0.15) is 0 Å². The molecule has 1 aliphatic rings. The summed E-state index contributed by atoms with van der Waals surface area (Å²) in [5.74, 6) is -1.59. The first-order chi connectivity index (χ1) is 16.2. The van der Waals surface area contributed by atoms with E-state index in [0.717, 1.165) is 22.3 Å². The topological polar surface area (TPSA) is 108 Å². The average Bonchev–Trinajstić information content (AvgIpc) is 3.10. The van der Waals surface area contributed by atoms with Crippen molar-refractivity contribution < 1.29 is 24.2 Å². The second-order valence-corrected chi connectivity index (χ2v) is 9.24. The molecule has 0 bridgehead atoms. The van der Waals surface area contributed by atoms with E-state index in [0.29, 0.717) is 0 Å². The number of nitrogens with one attached hydrogen (secondary N) is 2. The Morgan fingerprint density at radius 3 is 2.03 bits per heavy atom. The van der Waals surface area contributed by atoms with Crippen LogP contribution in [0.5, 0.6) is 0 Å². The van der Waals surface area contributed by atoms with Crippen LogP contribution < -0.4 is 10.6 Å². The van der Waals surface area contributed by atoms with Crippen LogP contribution in [-0.4, -0.2) is 67.3 Å². The zero-order valence-corrected chi connectivity index (χ0v) is 20.1. The summed E-state index contributed by atoms with van der Waals surface area (Å²) in [5, 5.41) is 14.6. The lowest BCUT2D eigenvalue weighted by molar-refractivity contribution is -0.138. The predicted octanol–water partition coefficient (Wildman–Crippen LogP) is 3.07. The number of aliphatic carboxylic acids is 1. The van der Waals surface area contributed by atoms with Crippen molar-refractivity contribution in [2.75, 3.05) is 27.2 Å². The van der Waals surface area contributed by atoms with Crippen LogP contribution in [-0.2, 0) is 14.3 Å². The molecular formula is C26H33N3O5. The van der Waals surface area contributed by atoms with Gasteiger partial charge < -0.3 is 25.4 Å². The Balaban J connectivity index is 1.66. The number of hydrogen-bond acceptors (Lipinski definition) is 5. The van der Waals surface area contributed by atoms with E-state index < -0.39 is 30.1 Å². The van der Waals surface area contributed by atoms with Crippen molar-refractivity contribution in [3.05, 3.63) is 59.7 Å². The van der Waals surface area contributed by atoms with Crippen LogP contribution in [0.15, 0.2) is 48.5 Å². The van der Waals surface area contributed by atoms with E-state index in [1.165, 1.54) is 0 Å². The first kappa shape index (κ1) is 25.2. The Bertz CT molecular complexity index is 991. The van der Waals surface area contributed by atoms with Gasteiger partial charge in [0.2, 0.25) is 5.91 Å². The second kappa shape index (κ2) is 11.2. The third kappa shape index (κ3) is 6.14. The molecule has 0 unspecified atom stereocenters. The number of amides is 2. The summed E-state index contributed by atoms with van der Waals surface area (Å²) >= 11 is 0. The molecule has 2 aromatic rings. The van der Waals surface area contributed by atoms with Crippen molar-refractivity contribution in [1.82, 2.24) is 15.5 Å². The molecule has 0 fully saturated rings. The van der Waals surface area contributed by atoms with Crippen LogP contribution in [0.1, 0.15) is 37.3 Å². The third-order valence-electron chi connectivity index (χ3n) is 6.03. The predicted molar refractivity (Wildman–Crippen MR) is 130 cm³/mol. The quantitative estimate of drug-likeness (QED) is 0.496. The monoisotopic (exact) mass is 467 g/mol. The van der Waals surface area contributed by atoms with Crippen LogP contribution in [0, 0.1) is 5.92 Å². The molecule has 1 aliphatic carbocycles. The summed E-state index contributed by atoms with van der Waals surface area (Å²) in [6.07, 6.45) is -0.883. The first-order valence-electron chi connectivity index (χ1n) is 11.5. The number of fused-ring (bicyclic) bond motifs is 3. The first-order valence-corrected chi connectivity index (χ1v) is 11.5. The summed E-state index contributed by atoms with van der Waals surface area (Å²) in [6, 6.07) is 14.7. The molecule has 3 N–H and O–H groups in total. The molecule has 2 aromatic carbocycles. The molecule has 8 heteroatoms. The number of alkyl carbamates (subject to hydrolysis) is 1. The van der Waals surface area contributed by atoms with E-state index in [4.69, 9.17) is 9.84 Å². The molecule has 0 spiro atoms. The van der Waals surface area contributed by atoms with Crippen molar-refractivity contribution in [3.8, 4) is 11.1 Å². The Morgan fingerprint density at radius 2 is 1.53 bits per heavy atom. The lowest BCUT2D eigenvalue weighted by Crippen LogP contribution is -2.54. The number of benzene rings is 2. The van der Waals surface area contributed by atoms with Gasteiger partial charge in [0.15, 0.2) is 0 Å². The van der Waals surface area contributed by atoms with Gasteiger partial charge in [-0.3, -0.25) is 9.59 Å². The zero-order chi connectivity index (χ0) is 24.8. The Kier molecular flexibility index (Phi) is 8.28. The summed E-state index contributed by atoms with van der Waals surface area (Å²) in [5.41, 5.74) is 4.48. The minimum Gasteiger partial charge on any atom is -0.481 e. The maximum Gasteiger partial charge on any atom is 0.407 e. The highest BCUT2D eigenvalue weighted by Gasteiger charge is 2.30. The molecule has 34 heavy (non-hydrogen) atoms. The van der Waals surface area contributed by atoms with Crippen LogP contribution in [0.3, 0.4) is 0 Å². The molecule has 2 atom stereocenters. The Hall–Kier alpha value is -3.39. The lowest BCUT2D eigenvalue weighted by atomic mass is 9.98. The minimum atomic E-state index is -0.993. The highest BCUT2D eigenvalue weighted by atomic mass is 16.5. The van der Waals surface area contributed by atoms with Crippen LogP contribution in [0.25, 0.3) is 11.1 Å².